The van der Waals surface area contributed by atoms with Crippen molar-refractivity contribution in [1.82, 2.24) is 4.90 Å². The molecule has 0 fully saturated rings. The lowest BCUT2D eigenvalue weighted by Gasteiger charge is -2.15. The normalized spacial score (nSPS) is 11.3. The van der Waals surface area contributed by atoms with E-state index >= 15 is 0 Å². The first-order chi connectivity index (χ1) is 10.5. The van der Waals surface area contributed by atoms with Crippen LogP contribution in [0, 0.1) is 11.3 Å². The van der Waals surface area contributed by atoms with Gasteiger partial charge in [-0.2, -0.15) is 5.26 Å². The zero-order valence-corrected chi connectivity index (χ0v) is 13.4. The average molecular weight is 322 g/mol. The van der Waals surface area contributed by atoms with Crippen molar-refractivity contribution < 1.29 is 18.5 Å². The van der Waals surface area contributed by atoms with Crippen LogP contribution in [0.25, 0.3) is 0 Å². The third-order valence-electron chi connectivity index (χ3n) is 2.93. The van der Waals surface area contributed by atoms with Crippen molar-refractivity contribution in [3.8, 4) is 6.07 Å². The van der Waals surface area contributed by atoms with Gasteiger partial charge < -0.3 is 9.64 Å². The summed E-state index contributed by atoms with van der Waals surface area (Å²) in [6, 6.07) is 8.41. The first-order valence-electron chi connectivity index (χ1n) is 6.76. The summed E-state index contributed by atoms with van der Waals surface area (Å²) in [4.78, 5) is 25.5. The SMILES string of the molecule is CCS(=O)c1ccccc1C(=O)OCC(=O)N(C)CCC#N. The van der Waals surface area contributed by atoms with E-state index in [1.807, 2.05) is 6.07 Å². The van der Waals surface area contributed by atoms with Crippen LogP contribution < -0.4 is 0 Å². The fraction of sp³-hybridized carbons (Fsp3) is 0.400. The molecule has 0 aliphatic rings. The Kier molecular flexibility index (Phi) is 7.26. The molecule has 0 spiro atoms. The standard InChI is InChI=1S/C15H18N2O4S/c1-3-22(20)13-8-5-4-7-12(13)15(19)21-11-14(18)17(2)10-6-9-16/h4-5,7-8H,3,6,10-11H2,1-2H3. The molecule has 1 aromatic carbocycles. The van der Waals surface area contributed by atoms with Gasteiger partial charge in [0.2, 0.25) is 0 Å². The van der Waals surface area contributed by atoms with Crippen LogP contribution in [0.3, 0.4) is 0 Å². The van der Waals surface area contributed by atoms with Gasteiger partial charge in [0.05, 0.1) is 33.7 Å². The van der Waals surface area contributed by atoms with Crippen molar-refractivity contribution in [1.29, 1.82) is 5.26 Å². The summed E-state index contributed by atoms with van der Waals surface area (Å²) < 4.78 is 16.9. The number of hydrogen-bond donors (Lipinski definition) is 0. The molecule has 0 radical (unpaired) electrons. The van der Waals surface area contributed by atoms with Crippen molar-refractivity contribution in [2.75, 3.05) is 26.0 Å². The molecule has 7 heteroatoms. The van der Waals surface area contributed by atoms with Gasteiger partial charge in [0.15, 0.2) is 6.61 Å². The lowest BCUT2D eigenvalue weighted by atomic mass is 10.2. The first-order valence-corrected chi connectivity index (χ1v) is 8.08. The number of nitriles is 1. The number of hydrogen-bond acceptors (Lipinski definition) is 5. The third-order valence-corrected chi connectivity index (χ3v) is 4.30. The number of likely N-dealkylation sites (N-methyl/N-ethyl adjacent to an activating group) is 1. The highest BCUT2D eigenvalue weighted by atomic mass is 32.2. The largest absolute Gasteiger partial charge is 0.452 e. The molecule has 0 bridgehead atoms. The molecule has 22 heavy (non-hydrogen) atoms. The van der Waals surface area contributed by atoms with E-state index in [0.717, 1.165) is 0 Å². The molecule has 0 saturated carbocycles. The van der Waals surface area contributed by atoms with Crippen LogP contribution in [-0.2, 0) is 20.3 Å². The molecule has 1 atom stereocenters. The minimum atomic E-state index is -1.28. The molecular weight excluding hydrogens is 304 g/mol. The molecule has 0 heterocycles. The summed E-state index contributed by atoms with van der Waals surface area (Å²) in [5, 5.41) is 8.47. The van der Waals surface area contributed by atoms with Crippen LogP contribution in [-0.4, -0.2) is 46.9 Å². The summed E-state index contributed by atoms with van der Waals surface area (Å²) in [6.45, 7) is 1.63. The van der Waals surface area contributed by atoms with Crippen LogP contribution in [0.15, 0.2) is 29.2 Å². The highest BCUT2D eigenvalue weighted by molar-refractivity contribution is 7.85. The van der Waals surface area contributed by atoms with E-state index in [1.165, 1.54) is 18.0 Å². The Balaban J connectivity index is 2.69. The number of rotatable bonds is 7. The second-order valence-electron chi connectivity index (χ2n) is 4.43. The molecule has 0 N–H and O–H groups in total. The molecular formula is C15H18N2O4S. The van der Waals surface area contributed by atoms with Crippen LogP contribution in [0.5, 0.6) is 0 Å². The molecule has 6 nitrogen and oxygen atoms in total. The Hall–Kier alpha value is -2.20. The Morgan fingerprint density at radius 2 is 2.05 bits per heavy atom. The molecule has 1 aromatic rings. The van der Waals surface area contributed by atoms with E-state index in [2.05, 4.69) is 0 Å². The van der Waals surface area contributed by atoms with Gasteiger partial charge in [0.1, 0.15) is 0 Å². The van der Waals surface area contributed by atoms with Gasteiger partial charge >= 0.3 is 5.97 Å². The fourth-order valence-corrected chi connectivity index (χ4v) is 2.58. The van der Waals surface area contributed by atoms with E-state index in [-0.39, 0.29) is 18.5 Å². The van der Waals surface area contributed by atoms with E-state index in [9.17, 15) is 13.8 Å². The molecule has 118 valence electrons. The number of carbonyl (C=O) groups is 2. The molecule has 1 unspecified atom stereocenters. The van der Waals surface area contributed by atoms with Crippen molar-refractivity contribution >= 4 is 22.7 Å². The fourth-order valence-electron chi connectivity index (χ4n) is 1.65. The number of esters is 1. The van der Waals surface area contributed by atoms with Crippen LogP contribution in [0.2, 0.25) is 0 Å². The maximum atomic E-state index is 12.0. The zero-order valence-electron chi connectivity index (χ0n) is 12.6. The number of ether oxygens (including phenoxy) is 1. The van der Waals surface area contributed by atoms with Gasteiger partial charge in [-0.15, -0.1) is 0 Å². The second kappa shape index (κ2) is 8.95. The maximum Gasteiger partial charge on any atom is 0.339 e. The number of amides is 1. The van der Waals surface area contributed by atoms with E-state index in [0.29, 0.717) is 10.6 Å². The number of carbonyl (C=O) groups excluding carboxylic acids is 2. The number of nitrogens with zero attached hydrogens (tertiary/aromatic N) is 2. The molecule has 0 saturated heterocycles. The minimum Gasteiger partial charge on any atom is -0.452 e. The molecule has 1 amide bonds. The van der Waals surface area contributed by atoms with Gasteiger partial charge in [-0.3, -0.25) is 9.00 Å². The maximum absolute atomic E-state index is 12.0. The first kappa shape index (κ1) is 17.9. The molecule has 1 rings (SSSR count). The van der Waals surface area contributed by atoms with Gasteiger partial charge in [-0.05, 0) is 12.1 Å². The number of benzene rings is 1. The lowest BCUT2D eigenvalue weighted by molar-refractivity contribution is -0.133. The monoisotopic (exact) mass is 322 g/mol. The van der Waals surface area contributed by atoms with Gasteiger partial charge in [0, 0.05) is 19.3 Å². The summed E-state index contributed by atoms with van der Waals surface area (Å²) in [5.41, 5.74) is 0.204. The third kappa shape index (κ3) is 4.97. The van der Waals surface area contributed by atoms with Crippen molar-refractivity contribution in [2.45, 2.75) is 18.2 Å². The minimum absolute atomic E-state index is 0.204. The zero-order chi connectivity index (χ0) is 16.5. The Morgan fingerprint density at radius 3 is 2.68 bits per heavy atom. The molecule has 0 aliphatic carbocycles. The van der Waals surface area contributed by atoms with Crippen LogP contribution >= 0.6 is 0 Å². The predicted molar refractivity (Wildman–Crippen MR) is 81.5 cm³/mol. The summed E-state index contributed by atoms with van der Waals surface area (Å²) in [6.07, 6.45) is 0.217. The Morgan fingerprint density at radius 1 is 1.36 bits per heavy atom. The topological polar surface area (TPSA) is 87.5 Å². The smallest absolute Gasteiger partial charge is 0.339 e. The van der Waals surface area contributed by atoms with Crippen molar-refractivity contribution in [2.24, 2.45) is 0 Å². The van der Waals surface area contributed by atoms with Gasteiger partial charge in [-0.1, -0.05) is 19.1 Å². The summed E-state index contributed by atoms with van der Waals surface area (Å²) in [7, 11) is 0.253. The second-order valence-corrected chi connectivity index (χ2v) is 6.14. The van der Waals surface area contributed by atoms with Crippen molar-refractivity contribution in [3.05, 3.63) is 29.8 Å². The summed E-state index contributed by atoms with van der Waals surface area (Å²) in [5.74, 6) is -0.683. The average Bonchev–Trinajstić information content (AvgIpc) is 2.56. The van der Waals surface area contributed by atoms with Crippen LogP contribution in [0.1, 0.15) is 23.7 Å². The predicted octanol–water partition coefficient (Wildman–Crippen LogP) is 1.34. The van der Waals surface area contributed by atoms with Gasteiger partial charge in [-0.25, -0.2) is 4.79 Å². The van der Waals surface area contributed by atoms with Crippen molar-refractivity contribution in [3.63, 3.8) is 0 Å². The molecule has 0 aliphatic heterocycles. The van der Waals surface area contributed by atoms with Crippen LogP contribution in [0.4, 0.5) is 0 Å². The Bertz CT molecular complexity index is 610. The van der Waals surface area contributed by atoms with E-state index in [1.54, 1.807) is 25.1 Å². The van der Waals surface area contributed by atoms with E-state index < -0.39 is 29.3 Å². The Labute approximate surface area is 132 Å². The summed E-state index contributed by atoms with van der Waals surface area (Å²) >= 11 is 0. The van der Waals surface area contributed by atoms with E-state index in [4.69, 9.17) is 10.00 Å². The lowest BCUT2D eigenvalue weighted by Crippen LogP contribution is -2.32. The molecule has 0 aromatic heterocycles. The quantitative estimate of drug-likeness (QED) is 0.707. The van der Waals surface area contributed by atoms with Gasteiger partial charge in [0.25, 0.3) is 5.91 Å². The highest BCUT2D eigenvalue weighted by Crippen LogP contribution is 2.15. The highest BCUT2D eigenvalue weighted by Gasteiger charge is 2.18.